The van der Waals surface area contributed by atoms with Crippen molar-refractivity contribution in [3.8, 4) is 5.75 Å². The van der Waals surface area contributed by atoms with Crippen molar-refractivity contribution in [2.75, 3.05) is 11.4 Å². The summed E-state index contributed by atoms with van der Waals surface area (Å²) >= 11 is 6.06. The zero-order chi connectivity index (χ0) is 14.8. The van der Waals surface area contributed by atoms with Crippen molar-refractivity contribution in [3.63, 3.8) is 0 Å². The normalized spacial score (nSPS) is 14.7. The second kappa shape index (κ2) is 5.78. The largest absolute Gasteiger partial charge is 0.479 e. The lowest BCUT2D eigenvalue weighted by Gasteiger charge is -2.22. The summed E-state index contributed by atoms with van der Waals surface area (Å²) in [7, 11) is 0. The molecule has 0 fully saturated rings. The predicted molar refractivity (Wildman–Crippen MR) is 84.0 cm³/mol. The van der Waals surface area contributed by atoms with Gasteiger partial charge in [0.05, 0.1) is 5.02 Å². The number of carbonyl (C=O) groups is 1. The summed E-state index contributed by atoms with van der Waals surface area (Å²) < 4.78 is 5.71. The van der Waals surface area contributed by atoms with Crippen LogP contribution in [0.4, 0.5) is 5.69 Å². The van der Waals surface area contributed by atoms with Crippen LogP contribution in [0.25, 0.3) is 0 Å². The van der Waals surface area contributed by atoms with Crippen LogP contribution >= 0.6 is 11.6 Å². The van der Waals surface area contributed by atoms with Gasteiger partial charge in [-0.25, -0.2) is 0 Å². The first kappa shape index (κ1) is 14.0. The molecule has 3 nitrogen and oxygen atoms in total. The smallest absolute Gasteiger partial charge is 0.267 e. The molecule has 108 valence electrons. The molecule has 2 aromatic rings. The molecule has 3 rings (SSSR count). The van der Waals surface area contributed by atoms with Crippen molar-refractivity contribution in [1.82, 2.24) is 0 Å². The molecule has 1 heterocycles. The van der Waals surface area contributed by atoms with Gasteiger partial charge in [-0.1, -0.05) is 41.9 Å². The van der Waals surface area contributed by atoms with E-state index < -0.39 is 6.10 Å². The number of nitrogens with zero attached hydrogens (tertiary/aromatic N) is 1. The summed E-state index contributed by atoms with van der Waals surface area (Å²) in [6.07, 6.45) is 0.317. The van der Waals surface area contributed by atoms with E-state index in [1.165, 1.54) is 5.56 Å². The molecule has 0 saturated heterocycles. The van der Waals surface area contributed by atoms with E-state index in [2.05, 4.69) is 6.07 Å². The molecule has 21 heavy (non-hydrogen) atoms. The SMILES string of the molecule is CC(Oc1ccccc1Cl)C(=O)N1CCc2ccccc21. The summed E-state index contributed by atoms with van der Waals surface area (Å²) in [5.74, 6) is 0.493. The Morgan fingerprint density at radius 3 is 2.71 bits per heavy atom. The second-order valence-electron chi connectivity index (χ2n) is 5.06. The molecule has 1 aliphatic heterocycles. The minimum atomic E-state index is -0.573. The van der Waals surface area contributed by atoms with Crippen molar-refractivity contribution in [3.05, 3.63) is 59.1 Å². The Morgan fingerprint density at radius 2 is 1.90 bits per heavy atom. The predicted octanol–water partition coefficient (Wildman–Crippen LogP) is 3.70. The zero-order valence-corrected chi connectivity index (χ0v) is 12.5. The number of carbonyl (C=O) groups excluding carboxylic acids is 1. The third-order valence-electron chi connectivity index (χ3n) is 3.64. The number of ether oxygens (including phenoxy) is 1. The van der Waals surface area contributed by atoms with E-state index in [0.717, 1.165) is 12.1 Å². The molecule has 0 bridgehead atoms. The van der Waals surface area contributed by atoms with E-state index in [4.69, 9.17) is 16.3 Å². The van der Waals surface area contributed by atoms with E-state index in [-0.39, 0.29) is 5.91 Å². The Morgan fingerprint density at radius 1 is 1.19 bits per heavy atom. The molecule has 1 unspecified atom stereocenters. The van der Waals surface area contributed by atoms with Crippen LogP contribution in [0.15, 0.2) is 48.5 Å². The van der Waals surface area contributed by atoms with Gasteiger partial charge >= 0.3 is 0 Å². The topological polar surface area (TPSA) is 29.5 Å². The van der Waals surface area contributed by atoms with Gasteiger partial charge in [0.2, 0.25) is 0 Å². The third-order valence-corrected chi connectivity index (χ3v) is 3.95. The van der Waals surface area contributed by atoms with E-state index in [1.807, 2.05) is 30.3 Å². The van der Waals surface area contributed by atoms with Crippen LogP contribution in [-0.2, 0) is 11.2 Å². The van der Waals surface area contributed by atoms with E-state index in [0.29, 0.717) is 17.3 Å². The summed E-state index contributed by atoms with van der Waals surface area (Å²) in [5, 5.41) is 0.513. The lowest BCUT2D eigenvalue weighted by Crippen LogP contribution is -2.39. The Kier molecular flexibility index (Phi) is 3.84. The first-order chi connectivity index (χ1) is 10.2. The molecule has 0 aliphatic carbocycles. The van der Waals surface area contributed by atoms with Crippen molar-refractivity contribution in [1.29, 1.82) is 0 Å². The number of benzene rings is 2. The highest BCUT2D eigenvalue weighted by molar-refractivity contribution is 6.32. The highest BCUT2D eigenvalue weighted by Gasteiger charge is 2.28. The molecule has 0 radical (unpaired) electrons. The molecular formula is C17H16ClNO2. The van der Waals surface area contributed by atoms with E-state index >= 15 is 0 Å². The number of hydrogen-bond donors (Lipinski definition) is 0. The molecule has 0 spiro atoms. The van der Waals surface area contributed by atoms with Gasteiger partial charge in [-0.05, 0) is 37.1 Å². The lowest BCUT2D eigenvalue weighted by molar-refractivity contribution is -0.124. The molecule has 1 aliphatic rings. The van der Waals surface area contributed by atoms with Gasteiger partial charge in [0.1, 0.15) is 5.75 Å². The molecule has 1 atom stereocenters. The summed E-state index contributed by atoms with van der Waals surface area (Å²) in [6.45, 7) is 2.46. The molecule has 0 saturated carbocycles. The van der Waals surface area contributed by atoms with E-state index in [1.54, 1.807) is 24.0 Å². The Bertz CT molecular complexity index is 671. The Hall–Kier alpha value is -2.00. The minimum absolute atomic E-state index is 0.0418. The first-order valence-electron chi connectivity index (χ1n) is 6.97. The highest BCUT2D eigenvalue weighted by atomic mass is 35.5. The molecule has 0 N–H and O–H groups in total. The molecule has 0 aromatic heterocycles. The molecule has 4 heteroatoms. The van der Waals surface area contributed by atoms with Crippen molar-refractivity contribution >= 4 is 23.2 Å². The average molecular weight is 302 g/mol. The van der Waals surface area contributed by atoms with Crippen LogP contribution in [0.3, 0.4) is 0 Å². The minimum Gasteiger partial charge on any atom is -0.479 e. The quantitative estimate of drug-likeness (QED) is 0.865. The number of hydrogen-bond acceptors (Lipinski definition) is 2. The fraction of sp³-hybridized carbons (Fsp3) is 0.235. The van der Waals surface area contributed by atoms with Gasteiger partial charge in [0.15, 0.2) is 6.10 Å². The maximum atomic E-state index is 12.6. The summed E-state index contributed by atoms with van der Waals surface area (Å²) in [5.41, 5.74) is 2.19. The third kappa shape index (κ3) is 2.74. The summed E-state index contributed by atoms with van der Waals surface area (Å²) in [4.78, 5) is 14.4. The van der Waals surface area contributed by atoms with Crippen molar-refractivity contribution in [2.24, 2.45) is 0 Å². The van der Waals surface area contributed by atoms with Gasteiger partial charge in [-0.2, -0.15) is 0 Å². The van der Waals surface area contributed by atoms with Gasteiger partial charge in [0.25, 0.3) is 5.91 Å². The number of para-hydroxylation sites is 2. The maximum absolute atomic E-state index is 12.6. The number of anilines is 1. The van der Waals surface area contributed by atoms with Crippen LogP contribution < -0.4 is 9.64 Å². The Labute approximate surface area is 129 Å². The van der Waals surface area contributed by atoms with Crippen LogP contribution in [0.1, 0.15) is 12.5 Å². The van der Waals surface area contributed by atoms with Gasteiger partial charge < -0.3 is 9.64 Å². The second-order valence-corrected chi connectivity index (χ2v) is 5.47. The number of fused-ring (bicyclic) bond motifs is 1. The number of halogens is 1. The fourth-order valence-corrected chi connectivity index (χ4v) is 2.75. The lowest BCUT2D eigenvalue weighted by atomic mass is 10.2. The summed E-state index contributed by atoms with van der Waals surface area (Å²) in [6, 6.07) is 15.2. The maximum Gasteiger partial charge on any atom is 0.267 e. The van der Waals surface area contributed by atoms with Crippen molar-refractivity contribution < 1.29 is 9.53 Å². The highest BCUT2D eigenvalue weighted by Crippen LogP contribution is 2.29. The number of rotatable bonds is 3. The molecule has 1 amide bonds. The average Bonchev–Trinajstić information content (AvgIpc) is 2.92. The fourth-order valence-electron chi connectivity index (χ4n) is 2.57. The molecular weight excluding hydrogens is 286 g/mol. The van der Waals surface area contributed by atoms with Crippen LogP contribution in [-0.4, -0.2) is 18.6 Å². The first-order valence-corrected chi connectivity index (χ1v) is 7.35. The number of amides is 1. The molecule has 2 aromatic carbocycles. The van der Waals surface area contributed by atoms with Gasteiger partial charge in [-0.3, -0.25) is 4.79 Å². The zero-order valence-electron chi connectivity index (χ0n) is 11.8. The standard InChI is InChI=1S/C17H16ClNO2/c1-12(21-16-9-5-3-7-14(16)18)17(20)19-11-10-13-6-2-4-8-15(13)19/h2-9,12H,10-11H2,1H3. The van der Waals surface area contributed by atoms with Gasteiger partial charge in [-0.15, -0.1) is 0 Å². The Balaban J connectivity index is 1.76. The van der Waals surface area contributed by atoms with Gasteiger partial charge in [0, 0.05) is 12.2 Å². The monoisotopic (exact) mass is 301 g/mol. The van der Waals surface area contributed by atoms with Crippen molar-refractivity contribution in [2.45, 2.75) is 19.4 Å². The van der Waals surface area contributed by atoms with Crippen LogP contribution in [0.2, 0.25) is 5.02 Å². The van der Waals surface area contributed by atoms with E-state index in [9.17, 15) is 4.79 Å². The van der Waals surface area contributed by atoms with Crippen LogP contribution in [0.5, 0.6) is 5.75 Å². The van der Waals surface area contributed by atoms with Crippen LogP contribution in [0, 0.1) is 0 Å².